The van der Waals surface area contributed by atoms with E-state index in [2.05, 4.69) is 0 Å². The van der Waals surface area contributed by atoms with Gasteiger partial charge in [-0.15, -0.1) is 19.2 Å². The summed E-state index contributed by atoms with van der Waals surface area (Å²) in [5.74, 6) is 5.03. The smallest absolute Gasteiger partial charge is 0.140 e. The summed E-state index contributed by atoms with van der Waals surface area (Å²) in [6.45, 7) is 0.504. The number of nitrogens with two attached hydrogens (primary N) is 1. The van der Waals surface area contributed by atoms with Gasteiger partial charge in [-0.05, 0) is 0 Å². The molecular formula is C3H7F2N4. The summed E-state index contributed by atoms with van der Waals surface area (Å²) in [5, 5.41) is 1.31. The molecule has 9 heavy (non-hydrogen) atoms. The van der Waals surface area contributed by atoms with Crippen LogP contribution in [-0.2, 0) is 0 Å². The SMILES string of the molecule is NN1[CH]N(F)CN(F)C1. The Hall–Kier alpha value is -0.300. The Morgan fingerprint density at radius 2 is 2.00 bits per heavy atom. The van der Waals surface area contributed by atoms with Crippen LogP contribution in [0.15, 0.2) is 0 Å². The highest BCUT2D eigenvalue weighted by atomic mass is 19.2. The quantitative estimate of drug-likeness (QED) is 0.363. The lowest BCUT2D eigenvalue weighted by molar-refractivity contribution is -0.163. The molecule has 1 rings (SSSR count). The largest absolute Gasteiger partial charge is 0.266 e. The van der Waals surface area contributed by atoms with E-state index < -0.39 is 0 Å². The first-order valence-corrected chi connectivity index (χ1v) is 2.38. The molecule has 0 unspecified atom stereocenters. The summed E-state index contributed by atoms with van der Waals surface area (Å²) in [5.41, 5.74) is 0. The fraction of sp³-hybridized carbons (Fsp3) is 0.667. The minimum absolute atomic E-state index is 0.0968. The first kappa shape index (κ1) is 6.81. The van der Waals surface area contributed by atoms with Gasteiger partial charge in [0.15, 0.2) is 0 Å². The first-order valence-electron chi connectivity index (χ1n) is 2.38. The highest BCUT2D eigenvalue weighted by Gasteiger charge is 2.21. The maximum atomic E-state index is 12.1. The summed E-state index contributed by atoms with van der Waals surface area (Å²) in [6, 6.07) is 0. The van der Waals surface area contributed by atoms with Crippen LogP contribution in [0.4, 0.5) is 8.96 Å². The van der Waals surface area contributed by atoms with Crippen molar-refractivity contribution in [3.8, 4) is 0 Å². The lowest BCUT2D eigenvalue weighted by Gasteiger charge is -2.28. The molecule has 1 radical (unpaired) electrons. The third-order valence-corrected chi connectivity index (χ3v) is 0.879. The van der Waals surface area contributed by atoms with Crippen LogP contribution in [0.5, 0.6) is 0 Å². The van der Waals surface area contributed by atoms with E-state index in [0.29, 0.717) is 0 Å². The molecule has 2 N–H and O–H groups in total. The van der Waals surface area contributed by atoms with Gasteiger partial charge in [0.05, 0.1) is 6.67 Å². The van der Waals surface area contributed by atoms with E-state index in [0.717, 1.165) is 11.7 Å². The lowest BCUT2D eigenvalue weighted by Crippen LogP contribution is -2.48. The van der Waals surface area contributed by atoms with Crippen LogP contribution in [0.2, 0.25) is 0 Å². The van der Waals surface area contributed by atoms with Crippen LogP contribution in [0.25, 0.3) is 0 Å². The maximum Gasteiger partial charge on any atom is 0.140 e. The van der Waals surface area contributed by atoms with Crippen LogP contribution in [0.3, 0.4) is 0 Å². The number of halogens is 2. The molecule has 1 aliphatic rings. The fourth-order valence-electron chi connectivity index (χ4n) is 0.602. The molecule has 4 nitrogen and oxygen atoms in total. The molecule has 1 fully saturated rings. The zero-order chi connectivity index (χ0) is 6.85. The summed E-state index contributed by atoms with van der Waals surface area (Å²) >= 11 is 0. The van der Waals surface area contributed by atoms with Gasteiger partial charge in [-0.2, -0.15) is 0 Å². The predicted molar refractivity (Wildman–Crippen MR) is 26.0 cm³/mol. The van der Waals surface area contributed by atoms with Crippen molar-refractivity contribution in [2.45, 2.75) is 0 Å². The van der Waals surface area contributed by atoms with E-state index in [-0.39, 0.29) is 23.6 Å². The highest BCUT2D eigenvalue weighted by molar-refractivity contribution is 4.61. The topological polar surface area (TPSA) is 35.7 Å². The van der Waals surface area contributed by atoms with Gasteiger partial charge in [0.2, 0.25) is 0 Å². The Labute approximate surface area is 51.3 Å². The molecule has 1 aliphatic heterocycles. The van der Waals surface area contributed by atoms with E-state index in [1.54, 1.807) is 0 Å². The van der Waals surface area contributed by atoms with E-state index in [1.165, 1.54) is 0 Å². The minimum Gasteiger partial charge on any atom is -0.266 e. The summed E-state index contributed by atoms with van der Waals surface area (Å²) in [4.78, 5) is 0. The Bertz CT molecular complexity index is 74.8. The standard InChI is InChI=1S/C3H7F2N4/c4-7-1-8(5)3-9(6)2-7/h2H,1,3,6H2. The van der Waals surface area contributed by atoms with Gasteiger partial charge in [0.1, 0.15) is 13.3 Å². The van der Waals surface area contributed by atoms with Crippen LogP contribution >= 0.6 is 0 Å². The molecule has 0 aromatic rings. The van der Waals surface area contributed by atoms with Gasteiger partial charge in [0, 0.05) is 0 Å². The summed E-state index contributed by atoms with van der Waals surface area (Å²) in [7, 11) is 0. The van der Waals surface area contributed by atoms with Gasteiger partial charge in [-0.25, -0.2) is 5.01 Å². The zero-order valence-electron chi connectivity index (χ0n) is 4.67. The third kappa shape index (κ3) is 1.83. The number of hydrazine groups is 1. The average Bonchev–Trinajstić information content (AvgIpc) is 1.59. The molecule has 1 heterocycles. The Morgan fingerprint density at radius 1 is 1.33 bits per heavy atom. The van der Waals surface area contributed by atoms with Crippen LogP contribution in [0.1, 0.15) is 0 Å². The second-order valence-corrected chi connectivity index (χ2v) is 1.77. The molecule has 6 heteroatoms. The van der Waals surface area contributed by atoms with Crippen LogP contribution in [0, 0.1) is 6.67 Å². The minimum atomic E-state index is -0.381. The predicted octanol–water partition coefficient (Wildman–Crippen LogP) is -0.417. The summed E-state index contributed by atoms with van der Waals surface area (Å²) in [6.07, 6.45) is 0. The van der Waals surface area contributed by atoms with Crippen molar-refractivity contribution >= 4 is 0 Å². The number of hydrogen-bond donors (Lipinski definition) is 1. The monoisotopic (exact) mass is 137 g/mol. The molecule has 53 valence electrons. The maximum absolute atomic E-state index is 12.1. The van der Waals surface area contributed by atoms with Crippen molar-refractivity contribution < 1.29 is 8.96 Å². The average molecular weight is 137 g/mol. The van der Waals surface area contributed by atoms with Crippen LogP contribution < -0.4 is 5.84 Å². The van der Waals surface area contributed by atoms with E-state index >= 15 is 0 Å². The molecule has 0 aromatic heterocycles. The second-order valence-electron chi connectivity index (χ2n) is 1.77. The van der Waals surface area contributed by atoms with Gasteiger partial charge in [-0.3, -0.25) is 5.84 Å². The van der Waals surface area contributed by atoms with Gasteiger partial charge >= 0.3 is 0 Å². The van der Waals surface area contributed by atoms with Crippen molar-refractivity contribution in [3.05, 3.63) is 6.67 Å². The third-order valence-electron chi connectivity index (χ3n) is 0.879. The number of hydrogen-bond acceptors (Lipinski definition) is 4. The molecule has 0 saturated carbocycles. The Kier molecular flexibility index (Phi) is 1.91. The highest BCUT2D eigenvalue weighted by Crippen LogP contribution is 2.06. The number of rotatable bonds is 0. The zero-order valence-corrected chi connectivity index (χ0v) is 4.67. The van der Waals surface area contributed by atoms with Crippen LogP contribution in [-0.4, -0.2) is 28.6 Å². The van der Waals surface area contributed by atoms with Gasteiger partial charge in [0.25, 0.3) is 0 Å². The molecule has 0 aromatic carbocycles. The lowest BCUT2D eigenvalue weighted by atomic mass is 10.7. The van der Waals surface area contributed by atoms with Crippen molar-refractivity contribution in [2.75, 3.05) is 13.3 Å². The molecule has 0 bridgehead atoms. The molecule has 0 aliphatic carbocycles. The first-order chi connectivity index (χ1) is 4.18. The normalized spacial score (nSPS) is 27.0. The second kappa shape index (κ2) is 2.53. The molecule has 0 atom stereocenters. The molecular weight excluding hydrogens is 130 g/mol. The van der Waals surface area contributed by atoms with Crippen molar-refractivity contribution in [2.24, 2.45) is 5.84 Å². The van der Waals surface area contributed by atoms with E-state index in [4.69, 9.17) is 5.84 Å². The molecule has 0 spiro atoms. The van der Waals surface area contributed by atoms with E-state index in [9.17, 15) is 8.96 Å². The molecule has 1 saturated heterocycles. The Morgan fingerprint density at radius 3 is 2.44 bits per heavy atom. The van der Waals surface area contributed by atoms with E-state index in [1.807, 2.05) is 0 Å². The van der Waals surface area contributed by atoms with Gasteiger partial charge in [-0.1, -0.05) is 0 Å². The molecule has 0 amide bonds. The Balaban J connectivity index is 2.34. The van der Waals surface area contributed by atoms with Crippen molar-refractivity contribution in [1.82, 2.24) is 15.3 Å². The van der Waals surface area contributed by atoms with Gasteiger partial charge < -0.3 is 0 Å². The van der Waals surface area contributed by atoms with Crippen molar-refractivity contribution in [3.63, 3.8) is 0 Å². The fourth-order valence-corrected chi connectivity index (χ4v) is 0.602. The summed E-state index contributed by atoms with van der Waals surface area (Å²) < 4.78 is 24.2. The van der Waals surface area contributed by atoms with Crippen molar-refractivity contribution in [1.29, 1.82) is 0 Å². The number of nitrogens with zero attached hydrogens (tertiary/aromatic N) is 3.